The van der Waals surface area contributed by atoms with Crippen molar-refractivity contribution in [1.82, 2.24) is 4.98 Å². The van der Waals surface area contributed by atoms with E-state index in [4.69, 9.17) is 0 Å². The molecule has 0 saturated heterocycles. The Kier molecular flexibility index (Phi) is 1.43. The SMILES string of the molecule is O=c1[nH]ccc2c(F)cccc12. The number of aromatic amines is 1. The average Bonchev–Trinajstić information content (AvgIpc) is 2.07. The summed E-state index contributed by atoms with van der Waals surface area (Å²) in [7, 11) is 0. The molecule has 0 bridgehead atoms. The highest BCUT2D eigenvalue weighted by atomic mass is 19.1. The van der Waals surface area contributed by atoms with Crippen LogP contribution in [-0.2, 0) is 0 Å². The van der Waals surface area contributed by atoms with Crippen molar-refractivity contribution < 1.29 is 4.39 Å². The zero-order valence-corrected chi connectivity index (χ0v) is 6.17. The second-order valence-corrected chi connectivity index (χ2v) is 2.51. The number of nitrogens with one attached hydrogen (secondary N) is 1. The van der Waals surface area contributed by atoms with E-state index < -0.39 is 0 Å². The number of pyridine rings is 1. The van der Waals surface area contributed by atoms with Crippen molar-refractivity contribution in [3.05, 3.63) is 46.6 Å². The molecule has 1 aromatic carbocycles. The van der Waals surface area contributed by atoms with Gasteiger partial charge in [-0.3, -0.25) is 4.79 Å². The van der Waals surface area contributed by atoms with Crippen molar-refractivity contribution in [2.24, 2.45) is 0 Å². The van der Waals surface area contributed by atoms with Gasteiger partial charge in [-0.25, -0.2) is 4.39 Å². The normalized spacial score (nSPS) is 10.4. The van der Waals surface area contributed by atoms with Gasteiger partial charge in [-0.2, -0.15) is 0 Å². The third-order valence-electron chi connectivity index (χ3n) is 1.76. The van der Waals surface area contributed by atoms with Gasteiger partial charge in [0, 0.05) is 17.0 Å². The highest BCUT2D eigenvalue weighted by Crippen LogP contribution is 2.11. The number of halogens is 1. The summed E-state index contributed by atoms with van der Waals surface area (Å²) >= 11 is 0. The average molecular weight is 163 g/mol. The second kappa shape index (κ2) is 2.44. The maximum absolute atomic E-state index is 13.0. The monoisotopic (exact) mass is 163 g/mol. The van der Waals surface area contributed by atoms with Crippen molar-refractivity contribution >= 4 is 10.8 Å². The number of hydrogen-bond donors (Lipinski definition) is 1. The van der Waals surface area contributed by atoms with Crippen molar-refractivity contribution in [2.75, 3.05) is 0 Å². The fourth-order valence-corrected chi connectivity index (χ4v) is 1.18. The molecule has 0 unspecified atom stereocenters. The number of aromatic nitrogens is 1. The molecular weight excluding hydrogens is 157 g/mol. The first-order chi connectivity index (χ1) is 5.79. The summed E-state index contributed by atoms with van der Waals surface area (Å²) in [5.41, 5.74) is -0.257. The van der Waals surface area contributed by atoms with E-state index in [2.05, 4.69) is 4.98 Å². The van der Waals surface area contributed by atoms with E-state index in [9.17, 15) is 9.18 Å². The van der Waals surface area contributed by atoms with Crippen LogP contribution in [-0.4, -0.2) is 4.98 Å². The molecule has 2 rings (SSSR count). The van der Waals surface area contributed by atoms with Gasteiger partial charge in [-0.1, -0.05) is 6.07 Å². The van der Waals surface area contributed by atoms with Crippen molar-refractivity contribution in [2.45, 2.75) is 0 Å². The van der Waals surface area contributed by atoms with Gasteiger partial charge in [0.15, 0.2) is 0 Å². The van der Waals surface area contributed by atoms with Crippen LogP contribution in [0.4, 0.5) is 4.39 Å². The zero-order chi connectivity index (χ0) is 8.55. The van der Waals surface area contributed by atoms with E-state index in [1.165, 1.54) is 18.3 Å². The molecule has 1 N–H and O–H groups in total. The molecule has 0 spiro atoms. The fourth-order valence-electron chi connectivity index (χ4n) is 1.18. The molecule has 0 fully saturated rings. The third-order valence-corrected chi connectivity index (χ3v) is 1.76. The molecule has 60 valence electrons. The first kappa shape index (κ1) is 7.03. The van der Waals surface area contributed by atoms with E-state index in [0.717, 1.165) is 0 Å². The van der Waals surface area contributed by atoms with Gasteiger partial charge >= 0.3 is 0 Å². The molecule has 0 aliphatic heterocycles. The van der Waals surface area contributed by atoms with E-state index in [1.54, 1.807) is 12.1 Å². The highest BCUT2D eigenvalue weighted by Gasteiger charge is 2.00. The van der Waals surface area contributed by atoms with Crippen molar-refractivity contribution in [3.8, 4) is 0 Å². The van der Waals surface area contributed by atoms with Crippen LogP contribution in [0.2, 0.25) is 0 Å². The van der Waals surface area contributed by atoms with Gasteiger partial charge in [-0.15, -0.1) is 0 Å². The quantitative estimate of drug-likeness (QED) is 0.629. The summed E-state index contributed by atoms with van der Waals surface area (Å²) < 4.78 is 13.0. The molecule has 0 aliphatic carbocycles. The molecule has 0 amide bonds. The van der Waals surface area contributed by atoms with E-state index in [1.807, 2.05) is 0 Å². The van der Waals surface area contributed by atoms with Crippen molar-refractivity contribution in [1.29, 1.82) is 0 Å². The minimum Gasteiger partial charge on any atom is -0.329 e. The van der Waals surface area contributed by atoms with Gasteiger partial charge in [0.05, 0.1) is 0 Å². The molecule has 0 atom stereocenters. The summed E-state index contributed by atoms with van der Waals surface area (Å²) in [5.74, 6) is -0.362. The summed E-state index contributed by atoms with van der Waals surface area (Å²) in [5, 5.41) is 0.749. The summed E-state index contributed by atoms with van der Waals surface area (Å²) in [6.07, 6.45) is 1.44. The van der Waals surface area contributed by atoms with Crippen LogP contribution in [0.25, 0.3) is 10.8 Å². The van der Waals surface area contributed by atoms with E-state index in [-0.39, 0.29) is 11.4 Å². The molecule has 0 saturated carbocycles. The third kappa shape index (κ3) is 0.906. The number of benzene rings is 1. The van der Waals surface area contributed by atoms with E-state index in [0.29, 0.717) is 10.8 Å². The minimum atomic E-state index is -0.362. The predicted octanol–water partition coefficient (Wildman–Crippen LogP) is 1.67. The van der Waals surface area contributed by atoms with Crippen LogP contribution in [0.5, 0.6) is 0 Å². The number of rotatable bonds is 0. The minimum absolute atomic E-state index is 0.257. The largest absolute Gasteiger partial charge is 0.329 e. The van der Waals surface area contributed by atoms with Gasteiger partial charge in [0.25, 0.3) is 5.56 Å². The lowest BCUT2D eigenvalue weighted by Crippen LogP contribution is -2.04. The molecule has 0 radical (unpaired) electrons. The van der Waals surface area contributed by atoms with E-state index >= 15 is 0 Å². The second-order valence-electron chi connectivity index (χ2n) is 2.51. The lowest BCUT2D eigenvalue weighted by atomic mass is 10.2. The predicted molar refractivity (Wildman–Crippen MR) is 44.5 cm³/mol. The Morgan fingerprint density at radius 2 is 2.00 bits per heavy atom. The molecule has 2 nitrogen and oxygen atoms in total. The molecule has 3 heteroatoms. The van der Waals surface area contributed by atoms with Crippen LogP contribution in [0.3, 0.4) is 0 Å². The summed E-state index contributed by atoms with van der Waals surface area (Å²) in [6.45, 7) is 0. The van der Waals surface area contributed by atoms with Crippen LogP contribution in [0.1, 0.15) is 0 Å². The first-order valence-electron chi connectivity index (χ1n) is 3.55. The number of hydrogen-bond acceptors (Lipinski definition) is 1. The van der Waals surface area contributed by atoms with Gasteiger partial charge in [0.2, 0.25) is 0 Å². The van der Waals surface area contributed by atoms with Gasteiger partial charge in [-0.05, 0) is 18.2 Å². The van der Waals surface area contributed by atoms with Crippen LogP contribution in [0.15, 0.2) is 35.3 Å². The fraction of sp³-hybridized carbons (Fsp3) is 0. The Bertz CT molecular complexity index is 475. The molecular formula is C9H6FNO. The molecule has 2 aromatic rings. The Balaban J connectivity index is 3.05. The topological polar surface area (TPSA) is 32.9 Å². The highest BCUT2D eigenvalue weighted by molar-refractivity contribution is 5.81. The van der Waals surface area contributed by atoms with Crippen molar-refractivity contribution in [3.63, 3.8) is 0 Å². The standard InChI is InChI=1S/C9H6FNO/c10-8-3-1-2-7-6(8)4-5-11-9(7)12/h1-5H,(H,11,12). The molecule has 12 heavy (non-hydrogen) atoms. The van der Waals surface area contributed by atoms with Crippen LogP contribution in [0, 0.1) is 5.82 Å². The van der Waals surface area contributed by atoms with Gasteiger partial charge in [0.1, 0.15) is 5.82 Å². The Hall–Kier alpha value is -1.64. The van der Waals surface area contributed by atoms with Gasteiger partial charge < -0.3 is 4.98 Å². The maximum atomic E-state index is 13.0. The lowest BCUT2D eigenvalue weighted by molar-refractivity contribution is 0.639. The Morgan fingerprint density at radius 1 is 1.17 bits per heavy atom. The molecule has 1 heterocycles. The Morgan fingerprint density at radius 3 is 2.75 bits per heavy atom. The molecule has 1 aromatic heterocycles. The summed E-state index contributed by atoms with van der Waals surface area (Å²) in [4.78, 5) is 13.6. The number of H-pyrrole nitrogens is 1. The number of fused-ring (bicyclic) bond motifs is 1. The lowest BCUT2D eigenvalue weighted by Gasteiger charge is -1.95. The summed E-state index contributed by atoms with van der Waals surface area (Å²) in [6, 6.07) is 6.00. The zero-order valence-electron chi connectivity index (χ0n) is 6.17. The van der Waals surface area contributed by atoms with Crippen LogP contribution < -0.4 is 5.56 Å². The smallest absolute Gasteiger partial charge is 0.255 e. The molecule has 0 aliphatic rings. The first-order valence-corrected chi connectivity index (χ1v) is 3.55. The Labute approximate surface area is 67.7 Å². The maximum Gasteiger partial charge on any atom is 0.255 e. The van der Waals surface area contributed by atoms with Crippen LogP contribution >= 0.6 is 0 Å².